The number of fused-ring (bicyclic) bond motifs is 2. The summed E-state index contributed by atoms with van der Waals surface area (Å²) in [6.45, 7) is 2.61. The number of hydrogen-bond acceptors (Lipinski definition) is 7. The standard InChI is InChI=1S/C25H28N2O5/c1-26(2)11-13-29-19-9-5-7-17-15-21(31-24(17)19)23(28)22-16-18-8-6-10-20(25(18)32-22)30-14-12-27(3)4/h5-10,15-16H,11-14H2,1-4H3. The number of para-hydroxylation sites is 2. The number of ketones is 1. The normalized spacial score (nSPS) is 11.7. The minimum absolute atomic E-state index is 0.206. The zero-order valence-corrected chi connectivity index (χ0v) is 18.9. The van der Waals surface area contributed by atoms with Gasteiger partial charge in [0.2, 0.25) is 0 Å². The van der Waals surface area contributed by atoms with Crippen molar-refractivity contribution in [2.75, 3.05) is 54.5 Å². The molecule has 7 heteroatoms. The van der Waals surface area contributed by atoms with Crippen LogP contribution in [0, 0.1) is 0 Å². The van der Waals surface area contributed by atoms with Crippen LogP contribution in [0.4, 0.5) is 0 Å². The van der Waals surface area contributed by atoms with Crippen LogP contribution in [0.3, 0.4) is 0 Å². The molecule has 0 spiro atoms. The van der Waals surface area contributed by atoms with Crippen LogP contribution in [0.25, 0.3) is 21.9 Å². The van der Waals surface area contributed by atoms with E-state index in [0.29, 0.717) is 35.9 Å². The molecule has 0 aliphatic heterocycles. The molecule has 4 rings (SSSR count). The molecule has 0 amide bonds. The first kappa shape index (κ1) is 21.9. The smallest absolute Gasteiger partial charge is 0.263 e. The second-order valence-corrected chi connectivity index (χ2v) is 8.20. The number of benzene rings is 2. The molecule has 7 nitrogen and oxygen atoms in total. The van der Waals surface area contributed by atoms with E-state index in [1.54, 1.807) is 12.1 Å². The Labute approximate surface area is 187 Å². The van der Waals surface area contributed by atoms with Gasteiger partial charge in [-0.15, -0.1) is 0 Å². The summed E-state index contributed by atoms with van der Waals surface area (Å²) >= 11 is 0. The quantitative estimate of drug-likeness (QED) is 0.344. The van der Waals surface area contributed by atoms with Crippen LogP contribution in [-0.2, 0) is 0 Å². The first-order chi connectivity index (χ1) is 15.4. The highest BCUT2D eigenvalue weighted by Gasteiger charge is 2.21. The third-order valence-corrected chi connectivity index (χ3v) is 5.06. The molecule has 0 aliphatic rings. The SMILES string of the molecule is CN(C)CCOc1cccc2cc(C(=O)c3cc4cccc(OCCN(C)C)c4o3)oc12. The molecule has 0 atom stereocenters. The molecule has 0 saturated carbocycles. The van der Waals surface area contributed by atoms with Crippen molar-refractivity contribution in [1.29, 1.82) is 0 Å². The van der Waals surface area contributed by atoms with Gasteiger partial charge in [0.1, 0.15) is 13.2 Å². The predicted octanol–water partition coefficient (Wildman–Crippen LogP) is 4.29. The average molecular weight is 437 g/mol. The lowest BCUT2D eigenvalue weighted by Crippen LogP contribution is -2.19. The highest BCUT2D eigenvalue weighted by Crippen LogP contribution is 2.33. The predicted molar refractivity (Wildman–Crippen MR) is 124 cm³/mol. The third-order valence-electron chi connectivity index (χ3n) is 5.06. The zero-order chi connectivity index (χ0) is 22.7. The Balaban J connectivity index is 1.58. The Bertz CT molecular complexity index is 1130. The van der Waals surface area contributed by atoms with Crippen molar-refractivity contribution in [2.24, 2.45) is 0 Å². The van der Waals surface area contributed by atoms with E-state index >= 15 is 0 Å². The summed E-state index contributed by atoms with van der Waals surface area (Å²) in [6.07, 6.45) is 0. The molecule has 0 fully saturated rings. The van der Waals surface area contributed by atoms with Crippen molar-refractivity contribution in [3.8, 4) is 11.5 Å². The first-order valence-corrected chi connectivity index (χ1v) is 10.6. The summed E-state index contributed by atoms with van der Waals surface area (Å²) in [5.41, 5.74) is 1.11. The summed E-state index contributed by atoms with van der Waals surface area (Å²) in [5, 5.41) is 1.61. The molecule has 0 unspecified atom stereocenters. The Morgan fingerprint density at radius 1 is 0.750 bits per heavy atom. The molecule has 32 heavy (non-hydrogen) atoms. The Morgan fingerprint density at radius 3 is 1.59 bits per heavy atom. The number of carbonyl (C=O) groups is 1. The van der Waals surface area contributed by atoms with Crippen molar-refractivity contribution in [2.45, 2.75) is 0 Å². The van der Waals surface area contributed by atoms with E-state index < -0.39 is 0 Å². The van der Waals surface area contributed by atoms with Gasteiger partial charge in [-0.1, -0.05) is 24.3 Å². The van der Waals surface area contributed by atoms with Gasteiger partial charge in [0.15, 0.2) is 34.2 Å². The molecule has 0 saturated heterocycles. The van der Waals surface area contributed by atoms with E-state index in [9.17, 15) is 4.79 Å². The van der Waals surface area contributed by atoms with Crippen molar-refractivity contribution in [3.05, 3.63) is 60.1 Å². The number of rotatable bonds is 10. The number of likely N-dealkylation sites (N-methyl/N-ethyl adjacent to an activating group) is 2. The Morgan fingerprint density at radius 2 is 1.19 bits per heavy atom. The number of furan rings is 2. The molecule has 2 aromatic carbocycles. The van der Waals surface area contributed by atoms with E-state index in [0.717, 1.165) is 23.9 Å². The van der Waals surface area contributed by atoms with E-state index in [1.165, 1.54) is 0 Å². The molecule has 0 N–H and O–H groups in total. The van der Waals surface area contributed by atoms with Gasteiger partial charge in [-0.05, 0) is 52.5 Å². The second kappa shape index (κ2) is 9.46. The number of ether oxygens (including phenoxy) is 2. The number of nitrogens with zero attached hydrogens (tertiary/aromatic N) is 2. The van der Waals surface area contributed by atoms with Gasteiger partial charge in [-0.2, -0.15) is 0 Å². The van der Waals surface area contributed by atoms with Crippen LogP contribution in [0.15, 0.2) is 57.4 Å². The second-order valence-electron chi connectivity index (χ2n) is 8.20. The lowest BCUT2D eigenvalue weighted by Gasteiger charge is -2.11. The van der Waals surface area contributed by atoms with Gasteiger partial charge in [0, 0.05) is 23.9 Å². The largest absolute Gasteiger partial charge is 0.488 e. The summed E-state index contributed by atoms with van der Waals surface area (Å²) in [7, 11) is 7.94. The van der Waals surface area contributed by atoms with Crippen LogP contribution < -0.4 is 9.47 Å². The molecule has 0 bridgehead atoms. The fraction of sp³-hybridized carbons (Fsp3) is 0.320. The lowest BCUT2D eigenvalue weighted by molar-refractivity contribution is 0.0987. The van der Waals surface area contributed by atoms with Crippen LogP contribution in [0.2, 0.25) is 0 Å². The summed E-state index contributed by atoms with van der Waals surface area (Å²) in [5.74, 6) is 1.32. The van der Waals surface area contributed by atoms with Crippen LogP contribution >= 0.6 is 0 Å². The van der Waals surface area contributed by atoms with Crippen LogP contribution in [-0.4, -0.2) is 70.1 Å². The van der Waals surface area contributed by atoms with Gasteiger partial charge in [0.25, 0.3) is 5.78 Å². The summed E-state index contributed by atoms with van der Waals surface area (Å²) < 4.78 is 23.5. The van der Waals surface area contributed by atoms with Gasteiger partial charge >= 0.3 is 0 Å². The maximum Gasteiger partial charge on any atom is 0.263 e. The van der Waals surface area contributed by atoms with Crippen LogP contribution in [0.1, 0.15) is 16.3 Å². The van der Waals surface area contributed by atoms with E-state index in [1.807, 2.05) is 74.4 Å². The molecule has 168 valence electrons. The zero-order valence-electron chi connectivity index (χ0n) is 18.9. The van der Waals surface area contributed by atoms with Crippen molar-refractivity contribution in [1.82, 2.24) is 9.80 Å². The lowest BCUT2D eigenvalue weighted by atomic mass is 10.2. The monoisotopic (exact) mass is 436 g/mol. The minimum Gasteiger partial charge on any atom is -0.488 e. The number of carbonyl (C=O) groups excluding carboxylic acids is 1. The minimum atomic E-state index is -0.323. The van der Waals surface area contributed by atoms with E-state index in [2.05, 4.69) is 0 Å². The highest BCUT2D eigenvalue weighted by atomic mass is 16.5. The van der Waals surface area contributed by atoms with Gasteiger partial charge < -0.3 is 28.1 Å². The molecule has 2 heterocycles. The Hall–Kier alpha value is -3.29. The summed E-state index contributed by atoms with van der Waals surface area (Å²) in [6, 6.07) is 14.7. The topological polar surface area (TPSA) is 68.3 Å². The summed E-state index contributed by atoms with van der Waals surface area (Å²) in [4.78, 5) is 17.2. The highest BCUT2D eigenvalue weighted by molar-refractivity contribution is 6.09. The third kappa shape index (κ3) is 4.79. The fourth-order valence-electron chi connectivity index (χ4n) is 3.32. The van der Waals surface area contributed by atoms with E-state index in [-0.39, 0.29) is 17.3 Å². The van der Waals surface area contributed by atoms with Gasteiger partial charge in [0.05, 0.1) is 0 Å². The Kier molecular flexibility index (Phi) is 6.48. The van der Waals surface area contributed by atoms with Gasteiger partial charge in [-0.25, -0.2) is 0 Å². The van der Waals surface area contributed by atoms with Crippen molar-refractivity contribution < 1.29 is 23.1 Å². The maximum atomic E-state index is 13.1. The number of hydrogen-bond donors (Lipinski definition) is 0. The maximum absolute atomic E-state index is 13.1. The first-order valence-electron chi connectivity index (χ1n) is 10.6. The van der Waals surface area contributed by atoms with Crippen LogP contribution in [0.5, 0.6) is 11.5 Å². The molecule has 0 aliphatic carbocycles. The fourth-order valence-corrected chi connectivity index (χ4v) is 3.32. The van der Waals surface area contributed by atoms with Gasteiger partial charge in [-0.3, -0.25) is 4.79 Å². The van der Waals surface area contributed by atoms with Crippen molar-refractivity contribution in [3.63, 3.8) is 0 Å². The van der Waals surface area contributed by atoms with E-state index in [4.69, 9.17) is 18.3 Å². The molecule has 4 aromatic rings. The van der Waals surface area contributed by atoms with Crippen molar-refractivity contribution >= 4 is 27.7 Å². The molecular weight excluding hydrogens is 408 g/mol. The molecular formula is C25H28N2O5. The molecule has 0 radical (unpaired) electrons. The average Bonchev–Trinajstić information content (AvgIpc) is 3.38. The molecule has 2 aromatic heterocycles.